The first kappa shape index (κ1) is 30.0. The smallest absolute Gasteiger partial charge is 0.160 e. The van der Waals surface area contributed by atoms with Crippen molar-refractivity contribution in [3.63, 3.8) is 0 Å². The molecule has 54 heavy (non-hydrogen) atoms. The quantitative estimate of drug-likeness (QED) is 0.183. The van der Waals surface area contributed by atoms with E-state index in [4.69, 9.17) is 9.97 Å². The third kappa shape index (κ3) is 3.97. The zero-order valence-electron chi connectivity index (χ0n) is 29.7. The maximum atomic E-state index is 5.42. The fourth-order valence-corrected chi connectivity index (χ4v) is 10.4. The van der Waals surface area contributed by atoms with E-state index in [1.54, 1.807) is 0 Å². The molecule has 0 aliphatic carbocycles. The molecule has 0 bridgehead atoms. The summed E-state index contributed by atoms with van der Waals surface area (Å²) in [5.74, 6) is 0.734. The lowest BCUT2D eigenvalue weighted by Crippen LogP contribution is -2.26. The number of rotatable bonds is 3. The molecule has 11 aromatic rings. The van der Waals surface area contributed by atoms with Crippen LogP contribution in [0.25, 0.3) is 97.9 Å². The summed E-state index contributed by atoms with van der Waals surface area (Å²) in [4.78, 5) is 11.9. The molecule has 1 aliphatic heterocycles. The lowest BCUT2D eigenvalue weighted by Gasteiger charge is -2.35. The van der Waals surface area contributed by atoms with Gasteiger partial charge in [-0.05, 0) is 71.8 Å². The van der Waals surface area contributed by atoms with Crippen molar-refractivity contribution in [3.8, 4) is 34.0 Å². The van der Waals surface area contributed by atoms with Crippen molar-refractivity contribution in [1.82, 2.24) is 19.1 Å². The average molecular weight is 709 g/mol. The highest BCUT2D eigenvalue weighted by atomic mass is 32.1. The Morgan fingerprint density at radius 2 is 1.24 bits per heavy atom. The minimum Gasteiger partial charge on any atom is -0.309 e. The molecule has 0 saturated heterocycles. The minimum atomic E-state index is -0.227. The van der Waals surface area contributed by atoms with E-state index in [1.165, 1.54) is 69.8 Å². The highest BCUT2D eigenvalue weighted by molar-refractivity contribution is 7.25. The number of para-hydroxylation sites is 4. The molecular weight excluding hydrogens is 677 g/mol. The molecule has 254 valence electrons. The number of fused-ring (bicyclic) bond motifs is 11. The van der Waals surface area contributed by atoms with Crippen LogP contribution >= 0.6 is 11.3 Å². The van der Waals surface area contributed by atoms with Crippen LogP contribution in [0.3, 0.4) is 0 Å². The molecule has 12 rings (SSSR count). The Morgan fingerprint density at radius 1 is 0.519 bits per heavy atom. The number of benzene rings is 7. The topological polar surface area (TPSA) is 35.6 Å². The van der Waals surface area contributed by atoms with Crippen LogP contribution in [0.4, 0.5) is 0 Å². The van der Waals surface area contributed by atoms with Gasteiger partial charge in [0.25, 0.3) is 0 Å². The summed E-state index contributed by atoms with van der Waals surface area (Å²) < 4.78 is 6.19. The van der Waals surface area contributed by atoms with Crippen LogP contribution in [-0.2, 0) is 5.41 Å². The molecule has 0 spiro atoms. The van der Waals surface area contributed by atoms with Crippen LogP contribution in [0, 0.1) is 0 Å². The van der Waals surface area contributed by atoms with Gasteiger partial charge in [-0.3, -0.25) is 0 Å². The van der Waals surface area contributed by atoms with Gasteiger partial charge in [-0.2, -0.15) is 0 Å². The van der Waals surface area contributed by atoms with Crippen molar-refractivity contribution < 1.29 is 0 Å². The standard InChI is InChI=1S/C49H32N4S/c1-49(2)37-19-12-18-35-44-34-17-8-11-22-43(34)54-48(44)53(46(35)37)42-26-24-30(28-38(42)49)47-50-39-20-9-6-16-33(39)45(51-47)29-23-25-41-36(27-29)32-15-7-10-21-40(32)52(41)31-13-4-3-5-14-31/h3-28H,1-2H3. The van der Waals surface area contributed by atoms with E-state index in [2.05, 4.69) is 181 Å². The highest BCUT2D eigenvalue weighted by Crippen LogP contribution is 2.51. The Labute approximate surface area is 315 Å². The first-order chi connectivity index (χ1) is 26.5. The molecular formula is C49H32N4S. The van der Waals surface area contributed by atoms with Gasteiger partial charge in [0.15, 0.2) is 5.82 Å². The Balaban J connectivity index is 1.07. The van der Waals surface area contributed by atoms with E-state index in [9.17, 15) is 0 Å². The average Bonchev–Trinajstić information content (AvgIpc) is 3.87. The summed E-state index contributed by atoms with van der Waals surface area (Å²) in [5.41, 5.74) is 12.4. The molecule has 7 aromatic carbocycles. The highest BCUT2D eigenvalue weighted by Gasteiger charge is 2.36. The van der Waals surface area contributed by atoms with E-state index in [1.807, 2.05) is 11.3 Å². The lowest BCUT2D eigenvalue weighted by atomic mass is 9.74. The summed E-state index contributed by atoms with van der Waals surface area (Å²) in [6, 6.07) is 57.0. The Morgan fingerprint density at radius 3 is 2.13 bits per heavy atom. The fourth-order valence-electron chi connectivity index (χ4n) is 9.19. The SMILES string of the molecule is CC1(C)c2cc(-c3nc(-c4ccc5c(c4)c4ccccc4n5-c4ccccc4)c4ccccc4n3)ccc2-n2c3sc4ccccc4c3c3cccc1c32. The summed E-state index contributed by atoms with van der Waals surface area (Å²) >= 11 is 1.88. The van der Waals surface area contributed by atoms with Crippen LogP contribution in [0.2, 0.25) is 0 Å². The third-order valence-corrected chi connectivity index (χ3v) is 12.9. The molecule has 0 radical (unpaired) electrons. The van der Waals surface area contributed by atoms with Crippen molar-refractivity contribution in [3.05, 3.63) is 169 Å². The lowest BCUT2D eigenvalue weighted by molar-refractivity contribution is 0.630. The van der Waals surface area contributed by atoms with Crippen LogP contribution in [0.15, 0.2) is 158 Å². The van der Waals surface area contributed by atoms with Crippen molar-refractivity contribution in [2.24, 2.45) is 0 Å². The van der Waals surface area contributed by atoms with Crippen LogP contribution < -0.4 is 0 Å². The van der Waals surface area contributed by atoms with E-state index in [-0.39, 0.29) is 5.41 Å². The third-order valence-electron chi connectivity index (χ3n) is 11.7. The van der Waals surface area contributed by atoms with Gasteiger partial charge < -0.3 is 9.13 Å². The van der Waals surface area contributed by atoms with Gasteiger partial charge in [0.05, 0.1) is 33.4 Å². The maximum absolute atomic E-state index is 5.42. The molecule has 5 heterocycles. The van der Waals surface area contributed by atoms with Crippen molar-refractivity contribution in [1.29, 1.82) is 0 Å². The van der Waals surface area contributed by atoms with Gasteiger partial charge in [-0.1, -0.05) is 111 Å². The summed E-state index contributed by atoms with van der Waals surface area (Å²) in [6.45, 7) is 4.72. The Kier molecular flexibility index (Phi) is 5.96. The van der Waals surface area contributed by atoms with Crippen molar-refractivity contribution in [2.45, 2.75) is 19.3 Å². The fraction of sp³-hybridized carbons (Fsp3) is 0.0612. The zero-order chi connectivity index (χ0) is 35.7. The number of aromatic nitrogens is 4. The second-order valence-corrected chi connectivity index (χ2v) is 16.0. The minimum absolute atomic E-state index is 0.227. The Hall–Kier alpha value is -6.56. The van der Waals surface area contributed by atoms with E-state index in [0.29, 0.717) is 0 Å². The monoisotopic (exact) mass is 708 g/mol. The number of nitrogens with zero attached hydrogens (tertiary/aromatic N) is 4. The number of hydrogen-bond acceptors (Lipinski definition) is 3. The molecule has 0 fully saturated rings. The second-order valence-electron chi connectivity index (χ2n) is 15.0. The van der Waals surface area contributed by atoms with Crippen LogP contribution in [0.1, 0.15) is 25.0 Å². The van der Waals surface area contributed by atoms with Crippen LogP contribution in [-0.4, -0.2) is 19.1 Å². The van der Waals surface area contributed by atoms with Crippen molar-refractivity contribution in [2.75, 3.05) is 0 Å². The molecule has 5 heteroatoms. The predicted molar refractivity (Wildman–Crippen MR) is 227 cm³/mol. The number of hydrogen-bond donors (Lipinski definition) is 0. The molecule has 4 nitrogen and oxygen atoms in total. The molecule has 0 N–H and O–H groups in total. The normalized spacial score (nSPS) is 13.5. The number of thiophene rings is 1. The van der Waals surface area contributed by atoms with Crippen molar-refractivity contribution >= 4 is 75.3 Å². The zero-order valence-corrected chi connectivity index (χ0v) is 30.5. The molecule has 0 unspecified atom stereocenters. The summed E-state index contributed by atoms with van der Waals surface area (Å²) in [5, 5.41) is 7.48. The molecule has 4 aromatic heterocycles. The summed E-state index contributed by atoms with van der Waals surface area (Å²) in [7, 11) is 0. The van der Waals surface area contributed by atoms with E-state index in [0.717, 1.165) is 39.2 Å². The van der Waals surface area contributed by atoms with E-state index >= 15 is 0 Å². The Bertz CT molecular complexity index is 3360. The maximum Gasteiger partial charge on any atom is 0.160 e. The molecule has 0 saturated carbocycles. The van der Waals surface area contributed by atoms with Gasteiger partial charge in [0, 0.05) is 59.2 Å². The summed E-state index contributed by atoms with van der Waals surface area (Å²) in [6.07, 6.45) is 0. The van der Waals surface area contributed by atoms with E-state index < -0.39 is 0 Å². The van der Waals surface area contributed by atoms with Gasteiger partial charge in [0.1, 0.15) is 4.83 Å². The predicted octanol–water partition coefficient (Wildman–Crippen LogP) is 13.0. The molecule has 0 atom stereocenters. The van der Waals surface area contributed by atoms with Gasteiger partial charge in [0.2, 0.25) is 0 Å². The van der Waals surface area contributed by atoms with Gasteiger partial charge in [-0.25, -0.2) is 9.97 Å². The van der Waals surface area contributed by atoms with Crippen LogP contribution in [0.5, 0.6) is 0 Å². The molecule has 0 amide bonds. The first-order valence-electron chi connectivity index (χ1n) is 18.5. The molecule has 1 aliphatic rings. The second kappa shape index (κ2) is 10.8. The van der Waals surface area contributed by atoms with Gasteiger partial charge in [-0.15, -0.1) is 11.3 Å². The van der Waals surface area contributed by atoms with Gasteiger partial charge >= 0.3 is 0 Å². The first-order valence-corrected chi connectivity index (χ1v) is 19.3. The largest absolute Gasteiger partial charge is 0.309 e.